The molecule has 186 valence electrons. The molecule has 3 amide bonds. The number of methoxy groups -OCH3 is 1. The van der Waals surface area contributed by atoms with Gasteiger partial charge in [-0.25, -0.2) is 5.43 Å². The maximum atomic E-state index is 12.3. The van der Waals surface area contributed by atoms with Gasteiger partial charge in [0.2, 0.25) is 0 Å². The van der Waals surface area contributed by atoms with E-state index in [-0.39, 0.29) is 25.2 Å². The largest absolute Gasteiger partial charge is 0.493 e. The molecule has 10 nitrogen and oxygen atoms in total. The molecule has 35 heavy (non-hydrogen) atoms. The molecule has 0 saturated carbocycles. The number of hydrogen-bond acceptors (Lipinski definition) is 7. The van der Waals surface area contributed by atoms with E-state index in [9.17, 15) is 14.4 Å². The second-order valence-electron chi connectivity index (χ2n) is 7.75. The highest BCUT2D eigenvalue weighted by Crippen LogP contribution is 2.27. The Morgan fingerprint density at radius 3 is 2.74 bits per heavy atom. The van der Waals surface area contributed by atoms with Crippen LogP contribution in [0.15, 0.2) is 41.5 Å². The number of halogens is 1. The number of ether oxygens (including phenoxy) is 3. The number of aryl methyl sites for hydroxylation is 1. The van der Waals surface area contributed by atoms with Gasteiger partial charge in [0.25, 0.3) is 5.91 Å². The summed E-state index contributed by atoms with van der Waals surface area (Å²) in [6, 6.07) is 10.1. The number of rotatable bonds is 9. The van der Waals surface area contributed by atoms with Crippen molar-refractivity contribution in [2.75, 3.05) is 32.2 Å². The Labute approximate surface area is 208 Å². The van der Waals surface area contributed by atoms with Gasteiger partial charge < -0.3 is 24.8 Å². The highest BCUT2D eigenvalue weighted by Gasteiger charge is 2.19. The summed E-state index contributed by atoms with van der Waals surface area (Å²) >= 11 is 5.98. The van der Waals surface area contributed by atoms with Crippen molar-refractivity contribution >= 4 is 41.2 Å². The van der Waals surface area contributed by atoms with E-state index >= 15 is 0 Å². The van der Waals surface area contributed by atoms with Crippen LogP contribution in [-0.4, -0.2) is 56.9 Å². The smallest absolute Gasteiger partial charge is 0.329 e. The summed E-state index contributed by atoms with van der Waals surface area (Å²) in [4.78, 5) is 36.0. The Bertz CT molecular complexity index is 1100. The lowest BCUT2D eigenvalue weighted by atomic mass is 10.2. The second-order valence-corrected chi connectivity index (χ2v) is 8.19. The van der Waals surface area contributed by atoms with Gasteiger partial charge in [0, 0.05) is 23.9 Å². The highest BCUT2D eigenvalue weighted by atomic mass is 35.5. The van der Waals surface area contributed by atoms with Crippen molar-refractivity contribution in [2.45, 2.75) is 25.9 Å². The van der Waals surface area contributed by atoms with Crippen LogP contribution in [0.25, 0.3) is 0 Å². The Morgan fingerprint density at radius 2 is 2.00 bits per heavy atom. The van der Waals surface area contributed by atoms with Crippen molar-refractivity contribution in [2.24, 2.45) is 5.10 Å². The Morgan fingerprint density at radius 1 is 1.17 bits per heavy atom. The molecule has 0 radical (unpaired) electrons. The predicted octanol–water partition coefficient (Wildman–Crippen LogP) is 2.42. The minimum atomic E-state index is -0.882. The van der Waals surface area contributed by atoms with Gasteiger partial charge in [0.05, 0.1) is 19.4 Å². The van der Waals surface area contributed by atoms with Gasteiger partial charge in [-0.1, -0.05) is 17.7 Å². The fourth-order valence-corrected chi connectivity index (χ4v) is 3.42. The lowest BCUT2D eigenvalue weighted by Crippen LogP contribution is -2.41. The number of hydrogen-bond donors (Lipinski definition) is 3. The number of nitrogens with one attached hydrogen (secondary N) is 3. The highest BCUT2D eigenvalue weighted by molar-refractivity contribution is 6.35. The van der Waals surface area contributed by atoms with E-state index in [2.05, 4.69) is 21.2 Å². The topological polar surface area (TPSA) is 127 Å². The van der Waals surface area contributed by atoms with Crippen LogP contribution in [0.3, 0.4) is 0 Å². The summed E-state index contributed by atoms with van der Waals surface area (Å²) in [5.74, 6) is -1.32. The van der Waals surface area contributed by atoms with E-state index in [1.165, 1.54) is 13.3 Å². The normalized spacial score (nSPS) is 15.0. The molecule has 2 aromatic rings. The van der Waals surface area contributed by atoms with Crippen LogP contribution in [0.1, 0.15) is 24.0 Å². The van der Waals surface area contributed by atoms with Crippen molar-refractivity contribution in [3.63, 3.8) is 0 Å². The van der Waals surface area contributed by atoms with Crippen molar-refractivity contribution in [1.29, 1.82) is 0 Å². The number of hydrazone groups is 1. The summed E-state index contributed by atoms with van der Waals surface area (Å²) in [7, 11) is 1.46. The van der Waals surface area contributed by atoms with Gasteiger partial charge in [0.15, 0.2) is 18.1 Å². The average Bonchev–Trinajstić information content (AvgIpc) is 3.37. The number of nitrogens with zero attached hydrogens (tertiary/aromatic N) is 1. The minimum absolute atomic E-state index is 0.0597. The molecular formula is C24H27ClN4O6. The van der Waals surface area contributed by atoms with Crippen LogP contribution in [0.5, 0.6) is 11.5 Å². The van der Waals surface area contributed by atoms with E-state index in [1.807, 2.05) is 13.0 Å². The summed E-state index contributed by atoms with van der Waals surface area (Å²) in [6.45, 7) is 2.56. The summed E-state index contributed by atoms with van der Waals surface area (Å²) in [6.07, 6.45) is 3.09. The van der Waals surface area contributed by atoms with Crippen molar-refractivity contribution < 1.29 is 28.6 Å². The zero-order chi connectivity index (χ0) is 25.2. The Balaban J connectivity index is 1.49. The summed E-state index contributed by atoms with van der Waals surface area (Å²) < 4.78 is 16.3. The maximum absolute atomic E-state index is 12.3. The lowest BCUT2D eigenvalue weighted by Gasteiger charge is -2.12. The average molecular weight is 503 g/mol. The SMILES string of the molecule is COc1cc(/C=N\NC(=O)C(=O)NC[C@@H]2CCCO2)ccc1OCC(=O)Nc1cc(Cl)ccc1C. The van der Waals surface area contributed by atoms with Crippen LogP contribution in [0.4, 0.5) is 5.69 Å². The van der Waals surface area contributed by atoms with Crippen LogP contribution in [0, 0.1) is 6.92 Å². The van der Waals surface area contributed by atoms with E-state index in [4.69, 9.17) is 25.8 Å². The Kier molecular flexibility index (Phi) is 9.45. The van der Waals surface area contributed by atoms with Gasteiger partial charge in [-0.05, 0) is 61.2 Å². The number of amides is 3. The first-order chi connectivity index (χ1) is 16.9. The molecule has 1 aliphatic heterocycles. The molecule has 1 aliphatic rings. The van der Waals surface area contributed by atoms with Gasteiger partial charge >= 0.3 is 11.8 Å². The molecule has 1 heterocycles. The summed E-state index contributed by atoms with van der Waals surface area (Å²) in [5, 5.41) is 9.58. The molecule has 1 atom stereocenters. The third-order valence-corrected chi connectivity index (χ3v) is 5.36. The summed E-state index contributed by atoms with van der Waals surface area (Å²) in [5.41, 5.74) is 4.23. The molecule has 2 aromatic carbocycles. The fraction of sp³-hybridized carbons (Fsp3) is 0.333. The standard InChI is InChI=1S/C24H27ClN4O6/c1-15-5-7-17(25)11-19(15)28-22(30)14-35-20-8-6-16(10-21(20)33-2)12-27-29-24(32)23(31)26-13-18-4-3-9-34-18/h5-8,10-12,18H,3-4,9,13-14H2,1-2H3,(H,26,31)(H,28,30)(H,29,32)/b27-12-/t18-/m0/s1. The fourth-order valence-electron chi connectivity index (χ4n) is 3.25. The zero-order valence-electron chi connectivity index (χ0n) is 19.4. The first-order valence-electron chi connectivity index (χ1n) is 11.0. The molecule has 0 aliphatic carbocycles. The maximum Gasteiger partial charge on any atom is 0.329 e. The predicted molar refractivity (Wildman–Crippen MR) is 131 cm³/mol. The number of carbonyl (C=O) groups excluding carboxylic acids is 3. The third kappa shape index (κ3) is 7.97. The van der Waals surface area contributed by atoms with Crippen molar-refractivity contribution in [3.8, 4) is 11.5 Å². The van der Waals surface area contributed by atoms with E-state index in [1.54, 1.807) is 30.3 Å². The van der Waals surface area contributed by atoms with E-state index in [0.717, 1.165) is 18.4 Å². The Hall–Kier alpha value is -3.63. The third-order valence-electron chi connectivity index (χ3n) is 5.12. The molecule has 0 bridgehead atoms. The van der Waals surface area contributed by atoms with Gasteiger partial charge in [-0.15, -0.1) is 0 Å². The number of benzene rings is 2. The monoisotopic (exact) mass is 502 g/mol. The molecule has 0 unspecified atom stereocenters. The van der Waals surface area contributed by atoms with Gasteiger partial charge in [-0.2, -0.15) is 5.10 Å². The number of anilines is 1. The quantitative estimate of drug-likeness (QED) is 0.274. The van der Waals surface area contributed by atoms with Crippen LogP contribution < -0.4 is 25.5 Å². The van der Waals surface area contributed by atoms with Crippen LogP contribution in [0.2, 0.25) is 5.02 Å². The molecule has 0 aromatic heterocycles. The van der Waals surface area contributed by atoms with Gasteiger partial charge in [0.1, 0.15) is 0 Å². The molecule has 3 N–H and O–H groups in total. The molecule has 0 spiro atoms. The molecule has 11 heteroatoms. The van der Waals surface area contributed by atoms with Crippen LogP contribution >= 0.6 is 11.6 Å². The molecule has 1 saturated heterocycles. The minimum Gasteiger partial charge on any atom is -0.493 e. The second kappa shape index (κ2) is 12.7. The number of carbonyl (C=O) groups is 3. The van der Waals surface area contributed by atoms with Crippen LogP contribution in [-0.2, 0) is 19.1 Å². The molecule has 3 rings (SSSR count). The first kappa shape index (κ1) is 26.0. The lowest BCUT2D eigenvalue weighted by molar-refractivity contribution is -0.139. The zero-order valence-corrected chi connectivity index (χ0v) is 20.2. The molecule has 1 fully saturated rings. The molecular weight excluding hydrogens is 476 g/mol. The van der Waals surface area contributed by atoms with Crippen molar-refractivity contribution in [3.05, 3.63) is 52.5 Å². The van der Waals surface area contributed by atoms with Gasteiger partial charge in [-0.3, -0.25) is 14.4 Å². The first-order valence-corrected chi connectivity index (χ1v) is 11.3. The van der Waals surface area contributed by atoms with E-state index < -0.39 is 11.8 Å². The van der Waals surface area contributed by atoms with E-state index in [0.29, 0.717) is 34.4 Å². The van der Waals surface area contributed by atoms with Crippen molar-refractivity contribution in [1.82, 2.24) is 10.7 Å².